The average molecular weight is 554 g/mol. The number of piperazine rings is 1. The van der Waals surface area contributed by atoms with Gasteiger partial charge in [-0.2, -0.15) is 4.31 Å². The molecule has 2 aromatic rings. The third kappa shape index (κ3) is 6.01. The second-order valence-electron chi connectivity index (χ2n) is 11.7. The molecule has 210 valence electrons. The van der Waals surface area contributed by atoms with E-state index in [1.807, 2.05) is 52.8 Å². The van der Waals surface area contributed by atoms with Crippen molar-refractivity contribution >= 4 is 27.7 Å². The average Bonchev–Trinajstić information content (AvgIpc) is 2.86. The third-order valence-corrected chi connectivity index (χ3v) is 9.86. The molecule has 2 aliphatic rings. The number of carbonyl (C=O) groups excluding carboxylic acids is 2. The zero-order chi connectivity index (χ0) is 28.6. The second kappa shape index (κ2) is 10.7. The van der Waals surface area contributed by atoms with Crippen LogP contribution in [0.3, 0.4) is 0 Å². The van der Waals surface area contributed by atoms with Gasteiger partial charge >= 0.3 is 0 Å². The molecule has 0 bridgehead atoms. The number of hydrogen-bond acceptors (Lipinski definition) is 6. The van der Waals surface area contributed by atoms with Crippen LogP contribution in [0.4, 0.5) is 5.82 Å². The first-order chi connectivity index (χ1) is 18.2. The fourth-order valence-electron chi connectivity index (χ4n) is 6.18. The standard InChI is InChI=1S/C29H39N5O4S/c1-7-26(35)31-23-19-28(3,4)34(29(5,6)20-23)39(37,38)24-13-11-22(12-14-24)27(36)33-17-15-32(16-18-33)25-10-8-9-21(2)30-25/h7-14,23H,1,15-20H2,2-6H3,(H,31,35). The Hall–Kier alpha value is -3.24. The Balaban J connectivity index is 1.47. The number of sulfonamides is 1. The van der Waals surface area contributed by atoms with Gasteiger partial charge in [-0.25, -0.2) is 13.4 Å². The molecule has 0 atom stereocenters. The van der Waals surface area contributed by atoms with E-state index >= 15 is 0 Å². The Labute approximate surface area is 231 Å². The zero-order valence-corrected chi connectivity index (χ0v) is 24.3. The molecule has 0 spiro atoms. The highest BCUT2D eigenvalue weighted by Gasteiger charge is 2.51. The van der Waals surface area contributed by atoms with Gasteiger partial charge in [0.1, 0.15) is 5.82 Å². The summed E-state index contributed by atoms with van der Waals surface area (Å²) in [5, 5.41) is 2.93. The topological polar surface area (TPSA) is 103 Å². The molecule has 4 rings (SSSR count). The van der Waals surface area contributed by atoms with Crippen molar-refractivity contribution in [2.45, 2.75) is 69.5 Å². The van der Waals surface area contributed by atoms with Crippen LogP contribution in [0, 0.1) is 6.92 Å². The molecule has 0 saturated carbocycles. The molecule has 3 heterocycles. The van der Waals surface area contributed by atoms with Crippen LogP contribution in [0.25, 0.3) is 0 Å². The minimum absolute atomic E-state index is 0.116. The lowest BCUT2D eigenvalue weighted by atomic mass is 9.79. The van der Waals surface area contributed by atoms with Crippen molar-refractivity contribution in [2.24, 2.45) is 0 Å². The Morgan fingerprint density at radius 2 is 1.56 bits per heavy atom. The summed E-state index contributed by atoms with van der Waals surface area (Å²) in [4.78, 5) is 33.8. The van der Waals surface area contributed by atoms with E-state index in [1.165, 1.54) is 18.2 Å². The van der Waals surface area contributed by atoms with Crippen LogP contribution in [0.15, 0.2) is 60.0 Å². The van der Waals surface area contributed by atoms with E-state index in [0.717, 1.165) is 11.5 Å². The monoisotopic (exact) mass is 553 g/mol. The maximum Gasteiger partial charge on any atom is 0.253 e. The van der Waals surface area contributed by atoms with Crippen LogP contribution in [0.1, 0.15) is 56.6 Å². The second-order valence-corrected chi connectivity index (χ2v) is 13.4. The molecule has 1 aromatic carbocycles. The van der Waals surface area contributed by atoms with Gasteiger partial charge in [0, 0.05) is 54.6 Å². The summed E-state index contributed by atoms with van der Waals surface area (Å²) in [6, 6.07) is 12.0. The predicted molar refractivity (Wildman–Crippen MR) is 152 cm³/mol. The molecule has 0 aliphatic carbocycles. The van der Waals surface area contributed by atoms with E-state index in [9.17, 15) is 18.0 Å². The number of aryl methyl sites for hydroxylation is 1. The summed E-state index contributed by atoms with van der Waals surface area (Å²) < 4.78 is 29.3. The molecule has 2 saturated heterocycles. The number of amides is 2. The van der Waals surface area contributed by atoms with Crippen molar-refractivity contribution in [1.82, 2.24) is 19.5 Å². The van der Waals surface area contributed by atoms with E-state index in [2.05, 4.69) is 21.8 Å². The lowest BCUT2D eigenvalue weighted by Gasteiger charge is -2.53. The third-order valence-electron chi connectivity index (χ3n) is 7.53. The summed E-state index contributed by atoms with van der Waals surface area (Å²) >= 11 is 0. The number of hydrogen-bond donors (Lipinski definition) is 1. The molecule has 0 radical (unpaired) electrons. The zero-order valence-electron chi connectivity index (χ0n) is 23.5. The number of anilines is 1. The van der Waals surface area contributed by atoms with Gasteiger partial charge in [-0.1, -0.05) is 12.6 Å². The number of aromatic nitrogens is 1. The fourth-order valence-corrected chi connectivity index (χ4v) is 8.32. The van der Waals surface area contributed by atoms with Gasteiger partial charge in [0.15, 0.2) is 0 Å². The normalized spacial score (nSPS) is 19.9. The minimum Gasteiger partial charge on any atom is -0.353 e. The summed E-state index contributed by atoms with van der Waals surface area (Å²) in [7, 11) is -3.88. The molecule has 2 amide bonds. The van der Waals surface area contributed by atoms with Crippen molar-refractivity contribution < 1.29 is 18.0 Å². The minimum atomic E-state index is -3.88. The highest BCUT2D eigenvalue weighted by molar-refractivity contribution is 7.89. The van der Waals surface area contributed by atoms with Crippen molar-refractivity contribution in [3.8, 4) is 0 Å². The van der Waals surface area contributed by atoms with Gasteiger partial charge < -0.3 is 15.1 Å². The molecule has 0 unspecified atom stereocenters. The number of piperidine rings is 1. The van der Waals surface area contributed by atoms with Crippen molar-refractivity contribution in [2.75, 3.05) is 31.1 Å². The first kappa shape index (κ1) is 28.8. The van der Waals surface area contributed by atoms with Gasteiger partial charge in [-0.05, 0) is 89.9 Å². The van der Waals surface area contributed by atoms with E-state index in [-0.39, 0.29) is 22.8 Å². The summed E-state index contributed by atoms with van der Waals surface area (Å²) in [5.41, 5.74) is -0.0860. The highest BCUT2D eigenvalue weighted by atomic mass is 32.2. The van der Waals surface area contributed by atoms with Gasteiger partial charge in [0.2, 0.25) is 15.9 Å². The quantitative estimate of drug-likeness (QED) is 0.551. The van der Waals surface area contributed by atoms with Crippen LogP contribution < -0.4 is 10.2 Å². The van der Waals surface area contributed by atoms with Gasteiger partial charge in [0.25, 0.3) is 5.91 Å². The Kier molecular flexibility index (Phi) is 7.91. The van der Waals surface area contributed by atoms with Crippen molar-refractivity contribution in [1.29, 1.82) is 0 Å². The van der Waals surface area contributed by atoms with E-state index < -0.39 is 21.1 Å². The van der Waals surface area contributed by atoms with Crippen LogP contribution in [0.2, 0.25) is 0 Å². The highest BCUT2D eigenvalue weighted by Crippen LogP contribution is 2.42. The lowest BCUT2D eigenvalue weighted by Crippen LogP contribution is -2.65. The van der Waals surface area contributed by atoms with Crippen LogP contribution >= 0.6 is 0 Å². The molecular weight excluding hydrogens is 514 g/mol. The molecule has 9 nitrogen and oxygen atoms in total. The predicted octanol–water partition coefficient (Wildman–Crippen LogP) is 3.36. The smallest absolute Gasteiger partial charge is 0.253 e. The molecule has 10 heteroatoms. The number of carbonyl (C=O) groups is 2. The Morgan fingerprint density at radius 3 is 2.10 bits per heavy atom. The number of nitrogens with zero attached hydrogens (tertiary/aromatic N) is 4. The Morgan fingerprint density at radius 1 is 0.974 bits per heavy atom. The Bertz CT molecular complexity index is 1330. The maximum atomic E-state index is 13.9. The van der Waals surface area contributed by atoms with E-state index in [0.29, 0.717) is 44.6 Å². The van der Waals surface area contributed by atoms with Gasteiger partial charge in [-0.3, -0.25) is 9.59 Å². The van der Waals surface area contributed by atoms with E-state index in [1.54, 1.807) is 21.3 Å². The van der Waals surface area contributed by atoms with Crippen LogP contribution in [0.5, 0.6) is 0 Å². The van der Waals surface area contributed by atoms with Crippen LogP contribution in [-0.2, 0) is 14.8 Å². The van der Waals surface area contributed by atoms with Gasteiger partial charge in [-0.15, -0.1) is 0 Å². The summed E-state index contributed by atoms with van der Waals surface area (Å²) in [6.07, 6.45) is 2.17. The fraction of sp³-hybridized carbons (Fsp3) is 0.483. The summed E-state index contributed by atoms with van der Waals surface area (Å²) in [5.74, 6) is 0.529. The lowest BCUT2D eigenvalue weighted by molar-refractivity contribution is -0.118. The largest absolute Gasteiger partial charge is 0.353 e. The molecular formula is C29H39N5O4S. The molecule has 39 heavy (non-hydrogen) atoms. The number of pyridine rings is 1. The first-order valence-corrected chi connectivity index (χ1v) is 14.7. The molecule has 1 aromatic heterocycles. The van der Waals surface area contributed by atoms with Crippen molar-refractivity contribution in [3.63, 3.8) is 0 Å². The maximum absolute atomic E-state index is 13.9. The molecule has 2 aliphatic heterocycles. The van der Waals surface area contributed by atoms with Gasteiger partial charge in [0.05, 0.1) is 4.90 Å². The molecule has 2 fully saturated rings. The number of benzene rings is 1. The SMILES string of the molecule is C=CC(=O)NC1CC(C)(C)N(S(=O)(=O)c2ccc(C(=O)N3CCN(c4cccc(C)n4)CC3)cc2)C(C)(C)C1. The van der Waals surface area contributed by atoms with Crippen molar-refractivity contribution in [3.05, 3.63) is 66.4 Å². The molecule has 1 N–H and O–H groups in total. The number of rotatable bonds is 6. The van der Waals surface area contributed by atoms with E-state index in [4.69, 9.17) is 0 Å². The first-order valence-electron chi connectivity index (χ1n) is 13.3. The van der Waals surface area contributed by atoms with Crippen LogP contribution in [-0.4, -0.2) is 77.7 Å². The number of nitrogens with one attached hydrogen (secondary N) is 1. The summed E-state index contributed by atoms with van der Waals surface area (Å²) in [6.45, 7) is 15.5.